The molecule has 2 N–H and O–H groups in total. The van der Waals surface area contributed by atoms with E-state index in [1.807, 2.05) is 0 Å². The maximum atomic E-state index is 5.70. The van der Waals surface area contributed by atoms with Gasteiger partial charge in [-0.15, -0.1) is 24.0 Å². The Labute approximate surface area is 193 Å². The summed E-state index contributed by atoms with van der Waals surface area (Å²) in [6, 6.07) is 11.1. The summed E-state index contributed by atoms with van der Waals surface area (Å²) >= 11 is 0. The molecule has 1 heterocycles. The summed E-state index contributed by atoms with van der Waals surface area (Å²) in [4.78, 5) is 7.08. The molecule has 0 spiro atoms. The zero-order valence-corrected chi connectivity index (χ0v) is 20.6. The van der Waals surface area contributed by atoms with Crippen molar-refractivity contribution in [3.8, 4) is 0 Å². The number of hydrogen-bond donors (Lipinski definition) is 2. The molecule has 1 aromatic rings. The second kappa shape index (κ2) is 15.9. The number of aliphatic imine (C=N–C) groups is 1. The van der Waals surface area contributed by atoms with E-state index in [0.29, 0.717) is 19.3 Å². The van der Waals surface area contributed by atoms with Crippen LogP contribution in [0.3, 0.4) is 0 Å². The highest BCUT2D eigenvalue weighted by Crippen LogP contribution is 2.11. The Balaban J connectivity index is 0.00000420. The molecular weight excluding hydrogens is 479 g/mol. The van der Waals surface area contributed by atoms with E-state index in [9.17, 15) is 0 Å². The lowest BCUT2D eigenvalue weighted by atomic mass is 10.1. The van der Waals surface area contributed by atoms with E-state index in [0.717, 1.165) is 58.0 Å². The van der Waals surface area contributed by atoms with Gasteiger partial charge in [0.2, 0.25) is 0 Å². The van der Waals surface area contributed by atoms with Crippen LogP contribution >= 0.6 is 24.0 Å². The van der Waals surface area contributed by atoms with Gasteiger partial charge in [0.15, 0.2) is 5.96 Å². The number of nitrogens with one attached hydrogen (secondary N) is 2. The summed E-state index contributed by atoms with van der Waals surface area (Å²) in [6.45, 7) is 9.95. The first-order valence-corrected chi connectivity index (χ1v) is 10.6. The Kier molecular flexibility index (Phi) is 14.3. The third kappa shape index (κ3) is 11.2. The highest BCUT2D eigenvalue weighted by Gasteiger charge is 2.15. The number of nitrogens with zero attached hydrogens (tertiary/aromatic N) is 2. The standard InChI is InChI=1S/C22H38N4O2.HI/c1-4-23-22(25-14-16-27-18-21-11-8-15-28-21)24-13-12-19(2)26(3)17-20-9-6-5-7-10-20;/h5-7,9-10,19,21H,4,8,11-18H2,1-3H3,(H2,23,24,25);1H. The quantitative estimate of drug-likeness (QED) is 0.193. The fraction of sp³-hybridized carbons (Fsp3) is 0.682. The van der Waals surface area contributed by atoms with Crippen LogP contribution in [0.1, 0.15) is 38.7 Å². The predicted octanol–water partition coefficient (Wildman–Crippen LogP) is 3.27. The predicted molar refractivity (Wildman–Crippen MR) is 131 cm³/mol. The number of guanidine groups is 1. The maximum absolute atomic E-state index is 5.70. The fourth-order valence-electron chi connectivity index (χ4n) is 3.18. The monoisotopic (exact) mass is 518 g/mol. The molecule has 1 aliphatic heterocycles. The zero-order valence-electron chi connectivity index (χ0n) is 18.2. The summed E-state index contributed by atoms with van der Waals surface area (Å²) in [5.41, 5.74) is 1.35. The normalized spacial score (nSPS) is 17.8. The smallest absolute Gasteiger partial charge is 0.191 e. The molecule has 0 saturated carbocycles. The molecule has 0 aromatic heterocycles. The Morgan fingerprint density at radius 3 is 2.79 bits per heavy atom. The second-order valence-corrected chi connectivity index (χ2v) is 7.44. The SMILES string of the molecule is CCNC(=NCCC(C)N(C)Cc1ccccc1)NCCOCC1CCCO1.I. The molecule has 0 radical (unpaired) electrons. The van der Waals surface area contributed by atoms with Crippen LogP contribution in [0.15, 0.2) is 35.3 Å². The first-order valence-electron chi connectivity index (χ1n) is 10.6. The van der Waals surface area contributed by atoms with Crippen LogP contribution in [0.25, 0.3) is 0 Å². The maximum Gasteiger partial charge on any atom is 0.191 e. The molecule has 6 nitrogen and oxygen atoms in total. The van der Waals surface area contributed by atoms with Crippen molar-refractivity contribution in [2.75, 3.05) is 46.5 Å². The molecule has 29 heavy (non-hydrogen) atoms. The molecule has 1 aromatic carbocycles. The van der Waals surface area contributed by atoms with Gasteiger partial charge >= 0.3 is 0 Å². The van der Waals surface area contributed by atoms with Gasteiger partial charge in [0.05, 0.1) is 19.3 Å². The summed E-state index contributed by atoms with van der Waals surface area (Å²) < 4.78 is 11.3. The van der Waals surface area contributed by atoms with Crippen molar-refractivity contribution in [3.05, 3.63) is 35.9 Å². The summed E-state index contributed by atoms with van der Waals surface area (Å²) in [7, 11) is 2.18. The van der Waals surface area contributed by atoms with Gasteiger partial charge in [-0.2, -0.15) is 0 Å². The van der Waals surface area contributed by atoms with Crippen LogP contribution in [0.5, 0.6) is 0 Å². The Morgan fingerprint density at radius 2 is 2.10 bits per heavy atom. The van der Waals surface area contributed by atoms with Crippen LogP contribution < -0.4 is 10.6 Å². The zero-order chi connectivity index (χ0) is 20.0. The fourth-order valence-corrected chi connectivity index (χ4v) is 3.18. The molecule has 166 valence electrons. The van der Waals surface area contributed by atoms with Crippen LogP contribution in [0, 0.1) is 0 Å². The topological polar surface area (TPSA) is 58.1 Å². The molecule has 7 heteroatoms. The Hall–Kier alpha value is -0.900. The van der Waals surface area contributed by atoms with Crippen LogP contribution in [0.2, 0.25) is 0 Å². The summed E-state index contributed by atoms with van der Waals surface area (Å²) in [6.07, 6.45) is 3.59. The van der Waals surface area contributed by atoms with E-state index >= 15 is 0 Å². The van der Waals surface area contributed by atoms with Crippen LogP contribution in [0.4, 0.5) is 0 Å². The minimum Gasteiger partial charge on any atom is -0.377 e. The van der Waals surface area contributed by atoms with Crippen molar-refractivity contribution in [2.24, 2.45) is 4.99 Å². The third-order valence-electron chi connectivity index (χ3n) is 5.05. The van der Waals surface area contributed by atoms with Crippen molar-refractivity contribution in [1.29, 1.82) is 0 Å². The highest BCUT2D eigenvalue weighted by atomic mass is 127. The lowest BCUT2D eigenvalue weighted by Gasteiger charge is -2.24. The lowest BCUT2D eigenvalue weighted by Crippen LogP contribution is -2.39. The van der Waals surface area contributed by atoms with E-state index in [4.69, 9.17) is 14.5 Å². The molecule has 1 saturated heterocycles. The van der Waals surface area contributed by atoms with Crippen molar-refractivity contribution >= 4 is 29.9 Å². The average molecular weight is 518 g/mol. The third-order valence-corrected chi connectivity index (χ3v) is 5.05. The Morgan fingerprint density at radius 1 is 1.31 bits per heavy atom. The van der Waals surface area contributed by atoms with E-state index in [2.05, 4.69) is 66.8 Å². The molecule has 0 aliphatic carbocycles. The van der Waals surface area contributed by atoms with Gasteiger partial charge in [0.25, 0.3) is 0 Å². The summed E-state index contributed by atoms with van der Waals surface area (Å²) in [5.74, 6) is 0.862. The van der Waals surface area contributed by atoms with Gasteiger partial charge < -0.3 is 20.1 Å². The molecule has 1 aliphatic rings. The molecule has 2 rings (SSSR count). The lowest BCUT2D eigenvalue weighted by molar-refractivity contribution is 0.0191. The number of hydrogen-bond acceptors (Lipinski definition) is 4. The Bertz CT molecular complexity index is 553. The van der Waals surface area contributed by atoms with Crippen molar-refractivity contribution in [2.45, 2.75) is 51.8 Å². The van der Waals surface area contributed by atoms with Crippen molar-refractivity contribution in [1.82, 2.24) is 15.5 Å². The van der Waals surface area contributed by atoms with Gasteiger partial charge in [0, 0.05) is 38.8 Å². The van der Waals surface area contributed by atoms with Gasteiger partial charge in [-0.25, -0.2) is 0 Å². The molecule has 0 amide bonds. The molecule has 1 fully saturated rings. The minimum absolute atomic E-state index is 0. The number of benzene rings is 1. The van der Waals surface area contributed by atoms with E-state index in [1.165, 1.54) is 5.56 Å². The number of halogens is 1. The number of rotatable bonds is 12. The first-order chi connectivity index (χ1) is 13.7. The summed E-state index contributed by atoms with van der Waals surface area (Å²) in [5, 5.41) is 6.65. The van der Waals surface area contributed by atoms with Crippen molar-refractivity contribution < 1.29 is 9.47 Å². The molecular formula is C22H39IN4O2. The molecule has 0 bridgehead atoms. The van der Waals surface area contributed by atoms with Gasteiger partial charge in [-0.05, 0) is 45.7 Å². The average Bonchev–Trinajstić information content (AvgIpc) is 3.22. The van der Waals surface area contributed by atoms with Gasteiger partial charge in [-0.1, -0.05) is 30.3 Å². The first kappa shape index (κ1) is 26.1. The van der Waals surface area contributed by atoms with Gasteiger partial charge in [-0.3, -0.25) is 9.89 Å². The van der Waals surface area contributed by atoms with Crippen LogP contribution in [-0.2, 0) is 16.0 Å². The second-order valence-electron chi connectivity index (χ2n) is 7.44. The minimum atomic E-state index is 0. The highest BCUT2D eigenvalue weighted by molar-refractivity contribution is 14.0. The number of ether oxygens (including phenoxy) is 2. The largest absolute Gasteiger partial charge is 0.377 e. The molecule has 2 unspecified atom stereocenters. The van der Waals surface area contributed by atoms with Crippen LogP contribution in [-0.4, -0.2) is 69.5 Å². The molecule has 2 atom stereocenters. The van der Waals surface area contributed by atoms with Crippen molar-refractivity contribution in [3.63, 3.8) is 0 Å². The van der Waals surface area contributed by atoms with Gasteiger partial charge in [0.1, 0.15) is 0 Å². The van der Waals surface area contributed by atoms with E-state index < -0.39 is 0 Å². The van der Waals surface area contributed by atoms with E-state index in [1.54, 1.807) is 0 Å². The van der Waals surface area contributed by atoms with E-state index in [-0.39, 0.29) is 30.1 Å².